The number of rotatable bonds is 5. The fourth-order valence-electron chi connectivity index (χ4n) is 4.18. The number of aromatic nitrogens is 1. The number of fused-ring (bicyclic) bond motifs is 1. The van der Waals surface area contributed by atoms with Crippen molar-refractivity contribution in [1.29, 1.82) is 0 Å². The largest absolute Gasteiger partial charge is 0.495 e. The number of benzene rings is 2. The summed E-state index contributed by atoms with van der Waals surface area (Å²) in [6, 6.07) is 9.55. The summed E-state index contributed by atoms with van der Waals surface area (Å²) in [6.07, 6.45) is 3.64. The lowest BCUT2D eigenvalue weighted by molar-refractivity contribution is 0.412. The predicted octanol–water partition coefficient (Wildman–Crippen LogP) is 3.37. The first-order chi connectivity index (χ1) is 14.5. The van der Waals surface area contributed by atoms with E-state index in [0.717, 1.165) is 44.7 Å². The summed E-state index contributed by atoms with van der Waals surface area (Å²) in [4.78, 5) is 2.58. The van der Waals surface area contributed by atoms with E-state index in [2.05, 4.69) is 10.2 Å². The Morgan fingerprint density at radius 1 is 1.10 bits per heavy atom. The molecule has 2 aliphatic rings. The third-order valence-corrected chi connectivity index (χ3v) is 7.69. The Kier molecular flexibility index (Phi) is 4.71. The lowest BCUT2D eigenvalue weighted by Crippen LogP contribution is -2.43. The molecule has 0 radical (unpaired) electrons. The van der Waals surface area contributed by atoms with Crippen LogP contribution in [0.5, 0.6) is 5.75 Å². The minimum atomic E-state index is -3.79. The maximum absolute atomic E-state index is 13.9. The van der Waals surface area contributed by atoms with Crippen LogP contribution >= 0.6 is 0 Å². The average Bonchev–Trinajstić information content (AvgIpc) is 3.54. The lowest BCUT2D eigenvalue weighted by atomic mass is 10.2. The van der Waals surface area contributed by atoms with E-state index in [1.807, 2.05) is 4.57 Å². The average molecular weight is 430 g/mol. The molecule has 2 heterocycles. The van der Waals surface area contributed by atoms with Gasteiger partial charge in [0, 0.05) is 43.8 Å². The summed E-state index contributed by atoms with van der Waals surface area (Å²) in [5.74, 6) is 0.287. The van der Waals surface area contributed by atoms with Gasteiger partial charge in [-0.1, -0.05) is 0 Å². The van der Waals surface area contributed by atoms with Crippen molar-refractivity contribution in [3.63, 3.8) is 0 Å². The standard InChI is InChI=1S/C22H24FN3O3S/c1-29-21-7-5-17(13-20(21)25-10-8-24-9-11-25)30(27,28)22-14-26(16-3-4-16)19-12-15(23)2-6-18(19)22/h2,5-7,12-14,16,24H,3-4,8-11H2,1H3. The van der Waals surface area contributed by atoms with Gasteiger partial charge in [-0.15, -0.1) is 0 Å². The van der Waals surface area contributed by atoms with E-state index >= 15 is 0 Å². The maximum Gasteiger partial charge on any atom is 0.208 e. The predicted molar refractivity (Wildman–Crippen MR) is 114 cm³/mol. The van der Waals surface area contributed by atoms with Crippen LogP contribution in [0.1, 0.15) is 18.9 Å². The molecule has 0 unspecified atom stereocenters. The summed E-state index contributed by atoms with van der Waals surface area (Å²) in [5.41, 5.74) is 1.41. The van der Waals surface area contributed by atoms with Crippen LogP contribution in [-0.4, -0.2) is 46.3 Å². The fraction of sp³-hybridized carbons (Fsp3) is 0.364. The molecule has 30 heavy (non-hydrogen) atoms. The zero-order valence-electron chi connectivity index (χ0n) is 16.8. The first kappa shape index (κ1) is 19.4. The number of hydrogen-bond acceptors (Lipinski definition) is 5. The molecule has 3 aromatic rings. The van der Waals surface area contributed by atoms with Crippen LogP contribution in [0.3, 0.4) is 0 Å². The molecule has 1 aromatic heterocycles. The van der Waals surface area contributed by atoms with Gasteiger partial charge in [0.15, 0.2) is 0 Å². The molecule has 0 atom stereocenters. The Morgan fingerprint density at radius 2 is 1.87 bits per heavy atom. The number of ether oxygens (including phenoxy) is 1. The Hall–Kier alpha value is -2.58. The minimum Gasteiger partial charge on any atom is -0.495 e. The Labute approximate surface area is 175 Å². The van der Waals surface area contributed by atoms with Crippen LogP contribution in [0.2, 0.25) is 0 Å². The molecule has 6 nitrogen and oxygen atoms in total. The van der Waals surface area contributed by atoms with Crippen molar-refractivity contribution >= 4 is 26.4 Å². The first-order valence-electron chi connectivity index (χ1n) is 10.2. The molecule has 1 saturated heterocycles. The third kappa shape index (κ3) is 3.24. The monoisotopic (exact) mass is 429 g/mol. The van der Waals surface area contributed by atoms with Gasteiger partial charge in [0.1, 0.15) is 11.6 Å². The molecule has 2 aromatic carbocycles. The summed E-state index contributed by atoms with van der Waals surface area (Å²) in [7, 11) is -2.20. The molecule has 1 saturated carbocycles. The van der Waals surface area contributed by atoms with Crippen LogP contribution in [0.15, 0.2) is 52.4 Å². The SMILES string of the molecule is COc1ccc(S(=O)(=O)c2cn(C3CC3)c3cc(F)ccc23)cc1N1CCNCC1. The van der Waals surface area contributed by atoms with E-state index in [9.17, 15) is 12.8 Å². The second-order valence-electron chi connectivity index (χ2n) is 7.87. The highest BCUT2D eigenvalue weighted by Crippen LogP contribution is 2.42. The molecule has 0 spiro atoms. The number of sulfone groups is 1. The highest BCUT2D eigenvalue weighted by atomic mass is 32.2. The number of anilines is 1. The summed E-state index contributed by atoms with van der Waals surface area (Å²) in [6.45, 7) is 3.22. The van der Waals surface area contributed by atoms with Crippen LogP contribution in [0, 0.1) is 5.82 Å². The molecular formula is C22H24FN3O3S. The normalized spacial score (nSPS) is 17.5. The summed E-state index contributed by atoms with van der Waals surface area (Å²) in [5, 5.41) is 3.86. The van der Waals surface area contributed by atoms with Crippen molar-refractivity contribution in [2.75, 3.05) is 38.2 Å². The molecular weight excluding hydrogens is 405 g/mol. The van der Waals surface area contributed by atoms with E-state index in [1.165, 1.54) is 12.1 Å². The molecule has 8 heteroatoms. The number of halogens is 1. The topological polar surface area (TPSA) is 63.6 Å². The summed E-state index contributed by atoms with van der Waals surface area (Å²) >= 11 is 0. The first-order valence-corrected chi connectivity index (χ1v) is 11.7. The molecule has 5 rings (SSSR count). The van der Waals surface area contributed by atoms with E-state index in [4.69, 9.17) is 4.74 Å². The lowest BCUT2D eigenvalue weighted by Gasteiger charge is -2.30. The summed E-state index contributed by atoms with van der Waals surface area (Å²) < 4.78 is 48.6. The highest BCUT2D eigenvalue weighted by molar-refractivity contribution is 7.91. The van der Waals surface area contributed by atoms with Gasteiger partial charge < -0.3 is 19.5 Å². The van der Waals surface area contributed by atoms with E-state index in [1.54, 1.807) is 37.6 Å². The van der Waals surface area contributed by atoms with E-state index in [0.29, 0.717) is 16.7 Å². The molecule has 158 valence electrons. The van der Waals surface area contributed by atoms with Gasteiger partial charge in [0.2, 0.25) is 9.84 Å². The Morgan fingerprint density at radius 3 is 2.57 bits per heavy atom. The quantitative estimate of drug-likeness (QED) is 0.674. The number of piperazine rings is 1. The van der Waals surface area contributed by atoms with E-state index < -0.39 is 9.84 Å². The third-order valence-electron chi connectivity index (χ3n) is 5.91. The van der Waals surface area contributed by atoms with Gasteiger partial charge in [-0.3, -0.25) is 0 Å². The smallest absolute Gasteiger partial charge is 0.208 e. The number of nitrogens with one attached hydrogen (secondary N) is 1. The number of hydrogen-bond donors (Lipinski definition) is 1. The van der Waals surface area contributed by atoms with Gasteiger partial charge in [0.25, 0.3) is 0 Å². The van der Waals surface area contributed by atoms with Gasteiger partial charge >= 0.3 is 0 Å². The Balaban J connectivity index is 1.64. The minimum absolute atomic E-state index is 0.219. The van der Waals surface area contributed by atoms with Crippen molar-refractivity contribution < 1.29 is 17.5 Å². The fourth-order valence-corrected chi connectivity index (χ4v) is 5.66. The van der Waals surface area contributed by atoms with Gasteiger partial charge in [-0.25, -0.2) is 12.8 Å². The maximum atomic E-state index is 13.9. The van der Waals surface area contributed by atoms with Crippen molar-refractivity contribution in [3.8, 4) is 5.75 Å². The molecule has 1 aliphatic heterocycles. The van der Waals surface area contributed by atoms with Gasteiger partial charge in [-0.2, -0.15) is 0 Å². The molecule has 0 bridgehead atoms. The van der Waals surface area contributed by atoms with Crippen LogP contribution in [-0.2, 0) is 9.84 Å². The second-order valence-corrected chi connectivity index (χ2v) is 9.79. The number of methoxy groups -OCH3 is 1. The molecule has 2 fully saturated rings. The second kappa shape index (κ2) is 7.28. The van der Waals surface area contributed by atoms with Crippen molar-refractivity contribution in [3.05, 3.63) is 48.4 Å². The van der Waals surface area contributed by atoms with Gasteiger partial charge in [0.05, 0.1) is 28.1 Å². The van der Waals surface area contributed by atoms with Crippen molar-refractivity contribution in [2.45, 2.75) is 28.7 Å². The highest BCUT2D eigenvalue weighted by Gasteiger charge is 2.31. The van der Waals surface area contributed by atoms with E-state index in [-0.39, 0.29) is 21.7 Å². The Bertz CT molecular complexity index is 1210. The van der Waals surface area contributed by atoms with Crippen LogP contribution in [0.25, 0.3) is 10.9 Å². The zero-order chi connectivity index (χ0) is 20.9. The molecule has 0 amide bonds. The zero-order valence-corrected chi connectivity index (χ0v) is 17.6. The van der Waals surface area contributed by atoms with Crippen molar-refractivity contribution in [2.24, 2.45) is 0 Å². The van der Waals surface area contributed by atoms with Crippen LogP contribution < -0.4 is 15.0 Å². The molecule has 1 N–H and O–H groups in total. The number of nitrogens with zero attached hydrogens (tertiary/aromatic N) is 2. The van der Waals surface area contributed by atoms with Gasteiger partial charge in [-0.05, 0) is 49.2 Å². The van der Waals surface area contributed by atoms with Crippen LogP contribution in [0.4, 0.5) is 10.1 Å². The van der Waals surface area contributed by atoms with Crippen molar-refractivity contribution in [1.82, 2.24) is 9.88 Å². The molecule has 1 aliphatic carbocycles.